The molecule has 14 heavy (non-hydrogen) atoms. The van der Waals surface area contributed by atoms with Gasteiger partial charge >= 0.3 is 0 Å². The number of rotatable bonds is 3. The summed E-state index contributed by atoms with van der Waals surface area (Å²) in [5, 5.41) is 0. The van der Waals surface area contributed by atoms with Crippen molar-refractivity contribution in [2.24, 2.45) is 0 Å². The van der Waals surface area contributed by atoms with Crippen LogP contribution in [-0.4, -0.2) is 9.55 Å². The third-order valence-electron chi connectivity index (χ3n) is 2.26. The Morgan fingerprint density at radius 3 is 2.71 bits per heavy atom. The quantitative estimate of drug-likeness (QED) is 0.763. The molecule has 1 aromatic heterocycles. The lowest BCUT2D eigenvalue weighted by molar-refractivity contribution is -0.429. The van der Waals surface area contributed by atoms with Crippen molar-refractivity contribution < 1.29 is 5.73 Å². The first-order chi connectivity index (χ1) is 6.86. The van der Waals surface area contributed by atoms with Crippen molar-refractivity contribution in [3.63, 3.8) is 0 Å². The third-order valence-corrected chi connectivity index (χ3v) is 2.26. The Morgan fingerprint density at radius 2 is 2.07 bits per heavy atom. The van der Waals surface area contributed by atoms with E-state index < -0.39 is 0 Å². The van der Waals surface area contributed by atoms with Gasteiger partial charge in [0.15, 0.2) is 0 Å². The second kappa shape index (κ2) is 4.07. The van der Waals surface area contributed by atoms with Crippen LogP contribution >= 0.6 is 0 Å². The standard InChI is InChI=1S/C11H13N3/c12-11(8-14-7-6-13-9-14)10-4-2-1-3-5-10/h1-7,9,11H,8,12H2/p+1/t11-/m0/s1. The number of hydrogen-bond donors (Lipinski definition) is 1. The highest BCUT2D eigenvalue weighted by Gasteiger charge is 2.08. The first kappa shape index (κ1) is 8.97. The Kier molecular flexibility index (Phi) is 2.60. The molecule has 3 nitrogen and oxygen atoms in total. The zero-order valence-electron chi connectivity index (χ0n) is 8.00. The molecule has 1 aromatic carbocycles. The molecule has 0 bridgehead atoms. The maximum absolute atomic E-state index is 4.13. The molecule has 0 saturated heterocycles. The predicted molar refractivity (Wildman–Crippen MR) is 54.3 cm³/mol. The SMILES string of the molecule is [NH3+][C@@H](Cn1ccnc1)c1ccccc1. The Labute approximate surface area is 83.2 Å². The molecule has 0 radical (unpaired) electrons. The number of benzene rings is 1. The highest BCUT2D eigenvalue weighted by Crippen LogP contribution is 2.09. The minimum absolute atomic E-state index is 0.283. The lowest BCUT2D eigenvalue weighted by Crippen LogP contribution is -2.55. The molecule has 3 heteroatoms. The van der Waals surface area contributed by atoms with Gasteiger partial charge in [0.05, 0.1) is 12.9 Å². The average molecular weight is 188 g/mol. The molecule has 72 valence electrons. The smallest absolute Gasteiger partial charge is 0.128 e. The van der Waals surface area contributed by atoms with Gasteiger partial charge in [-0.1, -0.05) is 30.3 Å². The number of imidazole rings is 1. The van der Waals surface area contributed by atoms with Crippen molar-refractivity contribution in [2.75, 3.05) is 0 Å². The van der Waals surface area contributed by atoms with E-state index in [1.165, 1.54) is 5.56 Å². The van der Waals surface area contributed by atoms with E-state index >= 15 is 0 Å². The van der Waals surface area contributed by atoms with Gasteiger partial charge in [0.1, 0.15) is 6.04 Å². The van der Waals surface area contributed by atoms with E-state index in [0.29, 0.717) is 0 Å². The van der Waals surface area contributed by atoms with Crippen LogP contribution in [0.1, 0.15) is 11.6 Å². The molecule has 0 aliphatic heterocycles. The van der Waals surface area contributed by atoms with Gasteiger partial charge in [0, 0.05) is 18.0 Å². The molecule has 0 aliphatic carbocycles. The first-order valence-electron chi connectivity index (χ1n) is 4.70. The Morgan fingerprint density at radius 1 is 1.29 bits per heavy atom. The van der Waals surface area contributed by atoms with Crippen LogP contribution in [0.2, 0.25) is 0 Å². The lowest BCUT2D eigenvalue weighted by Gasteiger charge is -2.08. The van der Waals surface area contributed by atoms with Gasteiger partial charge in [-0.25, -0.2) is 4.98 Å². The first-order valence-corrected chi connectivity index (χ1v) is 4.70. The summed E-state index contributed by atoms with van der Waals surface area (Å²) >= 11 is 0. The van der Waals surface area contributed by atoms with Gasteiger partial charge in [0.2, 0.25) is 0 Å². The van der Waals surface area contributed by atoms with Crippen molar-refractivity contribution in [2.45, 2.75) is 12.6 Å². The largest absolute Gasteiger partial charge is 0.350 e. The molecule has 0 aliphatic rings. The van der Waals surface area contributed by atoms with Crippen LogP contribution in [0.4, 0.5) is 0 Å². The van der Waals surface area contributed by atoms with Gasteiger partial charge in [0.25, 0.3) is 0 Å². The Hall–Kier alpha value is -1.61. The fourth-order valence-corrected chi connectivity index (χ4v) is 1.48. The molecule has 2 rings (SSSR count). The lowest BCUT2D eigenvalue weighted by atomic mass is 10.1. The fraction of sp³-hybridized carbons (Fsp3) is 0.182. The van der Waals surface area contributed by atoms with Gasteiger partial charge in [-0.2, -0.15) is 0 Å². The van der Waals surface area contributed by atoms with Crippen molar-refractivity contribution in [1.82, 2.24) is 9.55 Å². The molecule has 1 atom stereocenters. The van der Waals surface area contributed by atoms with Crippen LogP contribution < -0.4 is 5.73 Å². The zero-order chi connectivity index (χ0) is 9.80. The molecule has 2 aromatic rings. The topological polar surface area (TPSA) is 45.5 Å². The van der Waals surface area contributed by atoms with Crippen LogP contribution in [0.15, 0.2) is 49.1 Å². The second-order valence-electron chi connectivity index (χ2n) is 3.37. The summed E-state index contributed by atoms with van der Waals surface area (Å²) in [7, 11) is 0. The zero-order valence-corrected chi connectivity index (χ0v) is 8.00. The van der Waals surface area contributed by atoms with Gasteiger partial charge < -0.3 is 10.3 Å². The Balaban J connectivity index is 2.07. The second-order valence-corrected chi connectivity index (χ2v) is 3.37. The van der Waals surface area contributed by atoms with Crippen LogP contribution in [0, 0.1) is 0 Å². The summed E-state index contributed by atoms with van der Waals surface area (Å²) in [6.07, 6.45) is 5.57. The van der Waals surface area contributed by atoms with E-state index in [2.05, 4.69) is 22.9 Å². The molecule has 0 amide bonds. The normalized spacial score (nSPS) is 12.6. The molecule has 0 unspecified atom stereocenters. The van der Waals surface area contributed by atoms with E-state index in [0.717, 1.165) is 6.54 Å². The van der Waals surface area contributed by atoms with Crippen LogP contribution in [-0.2, 0) is 6.54 Å². The highest BCUT2D eigenvalue weighted by molar-refractivity contribution is 5.16. The van der Waals surface area contributed by atoms with E-state index in [9.17, 15) is 0 Å². The summed E-state index contributed by atoms with van der Waals surface area (Å²) in [6.45, 7) is 0.879. The highest BCUT2D eigenvalue weighted by atomic mass is 15.0. The summed E-state index contributed by atoms with van der Waals surface area (Å²) in [5.41, 5.74) is 5.40. The van der Waals surface area contributed by atoms with Gasteiger partial charge in [-0.3, -0.25) is 0 Å². The minimum atomic E-state index is 0.283. The molecule has 1 heterocycles. The third kappa shape index (κ3) is 2.00. The van der Waals surface area contributed by atoms with Crippen molar-refractivity contribution in [1.29, 1.82) is 0 Å². The molecule has 0 fully saturated rings. The molecular weight excluding hydrogens is 174 g/mol. The fourth-order valence-electron chi connectivity index (χ4n) is 1.48. The van der Waals surface area contributed by atoms with Gasteiger partial charge in [-0.05, 0) is 0 Å². The van der Waals surface area contributed by atoms with Crippen LogP contribution in [0.3, 0.4) is 0 Å². The van der Waals surface area contributed by atoms with Crippen molar-refractivity contribution in [3.05, 3.63) is 54.6 Å². The maximum Gasteiger partial charge on any atom is 0.128 e. The molecule has 3 N–H and O–H groups in total. The number of nitrogens with zero attached hydrogens (tertiary/aromatic N) is 2. The summed E-state index contributed by atoms with van der Waals surface area (Å²) in [5.74, 6) is 0. The number of hydrogen-bond acceptors (Lipinski definition) is 1. The number of quaternary nitrogens is 1. The van der Waals surface area contributed by atoms with Crippen LogP contribution in [0.25, 0.3) is 0 Å². The maximum atomic E-state index is 4.13. The number of aromatic nitrogens is 2. The molecular formula is C11H14N3+. The van der Waals surface area contributed by atoms with Crippen molar-refractivity contribution >= 4 is 0 Å². The van der Waals surface area contributed by atoms with Gasteiger partial charge in [-0.15, -0.1) is 0 Å². The van der Waals surface area contributed by atoms with E-state index in [1.807, 2.05) is 35.3 Å². The van der Waals surface area contributed by atoms with E-state index in [4.69, 9.17) is 0 Å². The summed E-state index contributed by atoms with van der Waals surface area (Å²) in [6, 6.07) is 10.6. The minimum Gasteiger partial charge on any atom is -0.350 e. The average Bonchev–Trinajstić information content (AvgIpc) is 2.72. The van der Waals surface area contributed by atoms with Crippen molar-refractivity contribution in [3.8, 4) is 0 Å². The van der Waals surface area contributed by atoms with E-state index in [1.54, 1.807) is 6.20 Å². The summed E-state index contributed by atoms with van der Waals surface area (Å²) in [4.78, 5) is 4.00. The predicted octanol–water partition coefficient (Wildman–Crippen LogP) is 0.866. The molecule has 0 spiro atoms. The van der Waals surface area contributed by atoms with Crippen LogP contribution in [0.5, 0.6) is 0 Å². The summed E-state index contributed by atoms with van der Waals surface area (Å²) < 4.78 is 2.05. The Bertz CT molecular complexity index is 367. The van der Waals surface area contributed by atoms with E-state index in [-0.39, 0.29) is 6.04 Å². The molecule has 0 saturated carbocycles. The monoisotopic (exact) mass is 188 g/mol.